The highest BCUT2D eigenvalue weighted by molar-refractivity contribution is 7.91. The fourth-order valence-electron chi connectivity index (χ4n) is 1.80. The minimum atomic E-state index is -2.93. The van der Waals surface area contributed by atoms with Crippen LogP contribution in [0.25, 0.3) is 0 Å². The summed E-state index contributed by atoms with van der Waals surface area (Å²) in [5.74, 6) is 0.303. The van der Waals surface area contributed by atoms with Gasteiger partial charge in [-0.15, -0.1) is 0 Å². The van der Waals surface area contributed by atoms with Crippen LogP contribution >= 0.6 is 0 Å². The van der Waals surface area contributed by atoms with Crippen molar-refractivity contribution < 1.29 is 13.2 Å². The first-order valence-electron chi connectivity index (χ1n) is 4.78. The van der Waals surface area contributed by atoms with Crippen molar-refractivity contribution >= 4 is 15.7 Å². The first kappa shape index (κ1) is 11.5. The van der Waals surface area contributed by atoms with Crippen molar-refractivity contribution in [3.8, 4) is 0 Å². The van der Waals surface area contributed by atoms with Gasteiger partial charge in [0.15, 0.2) is 9.84 Å². The number of hydrogen-bond donors (Lipinski definition) is 0. The molecule has 5 heteroatoms. The van der Waals surface area contributed by atoms with E-state index in [1.807, 2.05) is 6.92 Å². The molecule has 4 nitrogen and oxygen atoms in total. The van der Waals surface area contributed by atoms with E-state index in [0.717, 1.165) is 0 Å². The molecule has 0 unspecified atom stereocenters. The molecule has 1 heterocycles. The van der Waals surface area contributed by atoms with Gasteiger partial charge in [-0.1, -0.05) is 6.92 Å². The zero-order chi connectivity index (χ0) is 11.0. The van der Waals surface area contributed by atoms with Crippen LogP contribution in [0.2, 0.25) is 0 Å². The monoisotopic (exact) mass is 219 g/mol. The number of nitrogens with zero attached hydrogens (tertiary/aromatic N) is 1. The van der Waals surface area contributed by atoms with E-state index < -0.39 is 15.4 Å². The zero-order valence-electron chi connectivity index (χ0n) is 8.91. The van der Waals surface area contributed by atoms with E-state index in [9.17, 15) is 13.2 Å². The van der Waals surface area contributed by atoms with Crippen LogP contribution in [0, 0.1) is 0 Å². The SMILES string of the molecule is CCC(=O)N(C)[C@@]1(C)CCS(=O)(=O)C1. The standard InChI is InChI=1S/C9H17NO3S/c1-4-8(11)10(3)9(2)5-6-14(12,13)7-9/h4-7H2,1-3H3/t9-/m0/s1. The van der Waals surface area contributed by atoms with Crippen LogP contribution in [0.3, 0.4) is 0 Å². The summed E-state index contributed by atoms with van der Waals surface area (Å²) in [5.41, 5.74) is -0.494. The van der Waals surface area contributed by atoms with Crippen LogP contribution in [0.15, 0.2) is 0 Å². The zero-order valence-corrected chi connectivity index (χ0v) is 9.73. The second kappa shape index (κ2) is 3.53. The molecule has 1 atom stereocenters. The minimum Gasteiger partial charge on any atom is -0.339 e. The van der Waals surface area contributed by atoms with Gasteiger partial charge in [-0.05, 0) is 13.3 Å². The van der Waals surface area contributed by atoms with Gasteiger partial charge in [-0.3, -0.25) is 4.79 Å². The van der Waals surface area contributed by atoms with Crippen molar-refractivity contribution in [3.63, 3.8) is 0 Å². The van der Waals surface area contributed by atoms with Gasteiger partial charge in [0.25, 0.3) is 0 Å². The third-order valence-electron chi connectivity index (χ3n) is 2.97. The summed E-state index contributed by atoms with van der Waals surface area (Å²) in [6.07, 6.45) is 0.976. The molecule has 1 aliphatic heterocycles. The second-order valence-electron chi connectivity index (χ2n) is 4.15. The predicted octanol–water partition coefficient (Wildman–Crippen LogP) is 0.432. The summed E-state index contributed by atoms with van der Waals surface area (Å²) >= 11 is 0. The average molecular weight is 219 g/mol. The molecule has 0 aromatic heterocycles. The van der Waals surface area contributed by atoms with E-state index in [0.29, 0.717) is 12.8 Å². The Labute approximate surface area is 85.2 Å². The normalized spacial score (nSPS) is 30.2. The van der Waals surface area contributed by atoms with Crippen molar-refractivity contribution in [2.75, 3.05) is 18.6 Å². The Kier molecular flexibility index (Phi) is 2.90. The maximum absolute atomic E-state index is 11.4. The number of sulfone groups is 1. The summed E-state index contributed by atoms with van der Waals surface area (Å²) in [4.78, 5) is 13.0. The minimum absolute atomic E-state index is 0.00426. The quantitative estimate of drug-likeness (QED) is 0.677. The van der Waals surface area contributed by atoms with Gasteiger partial charge in [-0.25, -0.2) is 8.42 Å². The van der Waals surface area contributed by atoms with E-state index in [1.54, 1.807) is 18.9 Å². The lowest BCUT2D eigenvalue weighted by atomic mass is 10.00. The second-order valence-corrected chi connectivity index (χ2v) is 6.33. The van der Waals surface area contributed by atoms with Gasteiger partial charge >= 0.3 is 0 Å². The predicted molar refractivity (Wildman–Crippen MR) is 54.7 cm³/mol. The molecule has 0 saturated carbocycles. The van der Waals surface area contributed by atoms with Gasteiger partial charge in [-0.2, -0.15) is 0 Å². The molecule has 0 aromatic carbocycles. The third kappa shape index (κ3) is 2.08. The molecule has 0 aliphatic carbocycles. The highest BCUT2D eigenvalue weighted by Crippen LogP contribution is 2.28. The number of rotatable bonds is 2. The van der Waals surface area contributed by atoms with Gasteiger partial charge in [0.05, 0.1) is 17.0 Å². The molecule has 0 bridgehead atoms. The van der Waals surface area contributed by atoms with Gasteiger partial charge in [0.1, 0.15) is 0 Å². The van der Waals surface area contributed by atoms with Crippen LogP contribution in [0.4, 0.5) is 0 Å². The summed E-state index contributed by atoms with van der Waals surface area (Å²) < 4.78 is 22.6. The smallest absolute Gasteiger partial charge is 0.222 e. The van der Waals surface area contributed by atoms with Crippen molar-refractivity contribution in [2.24, 2.45) is 0 Å². The molecule has 1 saturated heterocycles. The Morgan fingerprint density at radius 1 is 1.50 bits per heavy atom. The Hall–Kier alpha value is -0.580. The Bertz CT molecular complexity index is 336. The Morgan fingerprint density at radius 2 is 2.07 bits per heavy atom. The third-order valence-corrected chi connectivity index (χ3v) is 4.86. The number of carbonyl (C=O) groups excluding carboxylic acids is 1. The van der Waals surface area contributed by atoms with E-state index in [2.05, 4.69) is 0 Å². The van der Waals surface area contributed by atoms with E-state index in [4.69, 9.17) is 0 Å². The number of amides is 1. The van der Waals surface area contributed by atoms with Crippen LogP contribution in [-0.2, 0) is 14.6 Å². The van der Waals surface area contributed by atoms with Crippen molar-refractivity contribution in [1.29, 1.82) is 0 Å². The molecule has 1 rings (SSSR count). The summed E-state index contributed by atoms with van der Waals surface area (Å²) in [7, 11) is -1.25. The summed E-state index contributed by atoms with van der Waals surface area (Å²) in [6, 6.07) is 0. The highest BCUT2D eigenvalue weighted by atomic mass is 32.2. The molecular weight excluding hydrogens is 202 g/mol. The molecule has 1 aliphatic rings. The lowest BCUT2D eigenvalue weighted by molar-refractivity contribution is -0.134. The Balaban J connectivity index is 2.83. The molecule has 1 amide bonds. The highest BCUT2D eigenvalue weighted by Gasteiger charge is 2.42. The molecule has 0 radical (unpaired) electrons. The molecule has 0 spiro atoms. The average Bonchev–Trinajstić information content (AvgIpc) is 2.39. The number of hydrogen-bond acceptors (Lipinski definition) is 3. The molecule has 82 valence electrons. The van der Waals surface area contributed by atoms with Crippen LogP contribution in [-0.4, -0.2) is 43.3 Å². The van der Waals surface area contributed by atoms with Gasteiger partial charge in [0.2, 0.25) is 5.91 Å². The number of carbonyl (C=O) groups is 1. The van der Waals surface area contributed by atoms with Crippen molar-refractivity contribution in [3.05, 3.63) is 0 Å². The topological polar surface area (TPSA) is 54.5 Å². The lowest BCUT2D eigenvalue weighted by Gasteiger charge is -2.34. The summed E-state index contributed by atoms with van der Waals surface area (Å²) in [6.45, 7) is 3.62. The fraction of sp³-hybridized carbons (Fsp3) is 0.889. The van der Waals surface area contributed by atoms with E-state index >= 15 is 0 Å². The van der Waals surface area contributed by atoms with Crippen LogP contribution in [0.1, 0.15) is 26.7 Å². The molecule has 1 fully saturated rings. The van der Waals surface area contributed by atoms with Crippen molar-refractivity contribution in [1.82, 2.24) is 4.90 Å². The first-order chi connectivity index (χ1) is 6.31. The maximum Gasteiger partial charge on any atom is 0.222 e. The molecule has 0 N–H and O–H groups in total. The van der Waals surface area contributed by atoms with Crippen LogP contribution in [0.5, 0.6) is 0 Å². The molecular formula is C9H17NO3S. The van der Waals surface area contributed by atoms with Gasteiger partial charge < -0.3 is 4.90 Å². The largest absolute Gasteiger partial charge is 0.339 e. The summed E-state index contributed by atoms with van der Waals surface area (Å²) in [5, 5.41) is 0. The van der Waals surface area contributed by atoms with Crippen molar-refractivity contribution in [2.45, 2.75) is 32.2 Å². The maximum atomic E-state index is 11.4. The first-order valence-corrected chi connectivity index (χ1v) is 6.60. The van der Waals surface area contributed by atoms with E-state index in [1.165, 1.54) is 0 Å². The molecule has 0 aromatic rings. The van der Waals surface area contributed by atoms with Gasteiger partial charge in [0, 0.05) is 13.5 Å². The lowest BCUT2D eigenvalue weighted by Crippen LogP contribution is -2.48. The van der Waals surface area contributed by atoms with E-state index in [-0.39, 0.29) is 17.4 Å². The Morgan fingerprint density at radius 3 is 2.43 bits per heavy atom. The van der Waals surface area contributed by atoms with Crippen LogP contribution < -0.4 is 0 Å². The fourth-order valence-corrected chi connectivity index (χ4v) is 3.98. The molecule has 14 heavy (non-hydrogen) atoms.